The Hall–Kier alpha value is -13.0. The lowest BCUT2D eigenvalue weighted by molar-refractivity contribution is -0.137. The quantitative estimate of drug-likeness (QED) is 0.0224. The summed E-state index contributed by atoms with van der Waals surface area (Å²) in [6.45, 7) is 6.05. The highest BCUT2D eigenvalue weighted by Crippen LogP contribution is 2.39. The van der Waals surface area contributed by atoms with E-state index in [4.69, 9.17) is 20.9 Å². The highest BCUT2D eigenvalue weighted by Gasteiger charge is 2.32. The van der Waals surface area contributed by atoms with Gasteiger partial charge in [-0.2, -0.15) is 13.2 Å². The van der Waals surface area contributed by atoms with E-state index in [0.717, 1.165) is 51.3 Å². The van der Waals surface area contributed by atoms with E-state index in [9.17, 15) is 62.4 Å². The zero-order valence-electron chi connectivity index (χ0n) is 58.3. The largest absolute Gasteiger partial charge is 0.478 e. The Labute approximate surface area is 621 Å². The van der Waals surface area contributed by atoms with Crippen LogP contribution in [0.1, 0.15) is 107 Å². The van der Waals surface area contributed by atoms with Crippen LogP contribution in [0.2, 0.25) is 0 Å². The molecule has 14 N–H and O–H groups in total. The summed E-state index contributed by atoms with van der Waals surface area (Å²) in [5.41, 5.74) is 22.6. The van der Waals surface area contributed by atoms with Crippen molar-refractivity contribution in [3.63, 3.8) is 0 Å². The predicted octanol–water partition coefficient (Wildman–Crippen LogP) is 18.1. The fourth-order valence-corrected chi connectivity index (χ4v) is 11.2. The van der Waals surface area contributed by atoms with E-state index < -0.39 is 47.6 Å². The number of halogens is 4. The Morgan fingerprint density at radius 1 is 0.336 bits per heavy atom. The number of hydrogen-bond donors (Lipinski definition) is 12. The molecule has 0 atom stereocenters. The van der Waals surface area contributed by atoms with Crippen LogP contribution in [0.4, 0.5) is 81.4 Å². The molecule has 0 radical (unpaired) electrons. The molecule has 0 aliphatic rings. The standard InChI is InChI=1S/C36H30F3N3O4.C24H25N3O4.C22H21N3O4.ClH/c37-36(38,39)27-16-18-32(40-30-14-8-7-13-28(30)34(43)44)33(20-27)41-31-17-15-26(19-29(31)35(45)46)23-42(21-24-9-3-1-4-10-24)22-25-11-5-2-6-12-25;1-15-8-10-21(26-19-7-5-4-6-17(19)23(28)30-2)22(12-15)27-20-11-9-16(14-25)13-18(20)24(29)31-3;1-13-6-8-19(24-17-5-3-2-4-15(17)21(26)27)20(10-13)25-18-9-7-14(12-23)11-16(18)22(28)29;/h1-20,40-41H,21-23H2,(H,43,44)(H,45,46);4-13,26-27H,14,25H2,1-3H3;2-11,24-25H,12,23H2,1H3,(H,26,27)(H,28,29);1H. The maximum Gasteiger partial charge on any atom is 0.416 e. The van der Waals surface area contributed by atoms with Crippen LogP contribution in [0.25, 0.3) is 0 Å². The topological polar surface area (TPSA) is 329 Å². The van der Waals surface area contributed by atoms with Gasteiger partial charge in [0.05, 0.1) is 121 Å². The fourth-order valence-electron chi connectivity index (χ4n) is 11.2. The number of hydrogen-bond acceptors (Lipinski definition) is 17. The van der Waals surface area contributed by atoms with E-state index in [2.05, 4.69) is 36.8 Å². The van der Waals surface area contributed by atoms with Crippen molar-refractivity contribution >= 4 is 116 Å². The third-order valence-corrected chi connectivity index (χ3v) is 16.5. The van der Waals surface area contributed by atoms with Crippen molar-refractivity contribution in [3.05, 3.63) is 321 Å². The van der Waals surface area contributed by atoms with Gasteiger partial charge >= 0.3 is 42.0 Å². The number of carbonyl (C=O) groups is 6. The molecule has 0 fully saturated rings. The van der Waals surface area contributed by atoms with Crippen LogP contribution in [0.3, 0.4) is 0 Å². The molecule has 0 aliphatic heterocycles. The summed E-state index contributed by atoms with van der Waals surface area (Å²) in [7, 11) is 2.68. The van der Waals surface area contributed by atoms with Crippen LogP contribution in [0.15, 0.2) is 243 Å². The van der Waals surface area contributed by atoms with Gasteiger partial charge in [0.25, 0.3) is 0 Å². The summed E-state index contributed by atoms with van der Waals surface area (Å²) >= 11 is 0. The van der Waals surface area contributed by atoms with Gasteiger partial charge in [0.15, 0.2) is 0 Å². The summed E-state index contributed by atoms with van der Waals surface area (Å²) < 4.78 is 50.9. The van der Waals surface area contributed by atoms with Gasteiger partial charge in [-0.3, -0.25) is 4.90 Å². The number of ether oxygens (including phenoxy) is 2. The molecule has 11 rings (SSSR count). The average molecular weight is 1470 g/mol. The lowest BCUT2D eigenvalue weighted by Gasteiger charge is -2.24. The summed E-state index contributed by atoms with van der Waals surface area (Å²) in [6.07, 6.45) is -4.67. The van der Waals surface area contributed by atoms with Gasteiger partial charge in [-0.15, -0.1) is 12.4 Å². The number of aromatic carboxylic acids is 4. The molecule has 21 nitrogen and oxygen atoms in total. The second-order valence-corrected chi connectivity index (χ2v) is 24.1. The van der Waals surface area contributed by atoms with Crippen molar-refractivity contribution in [2.45, 2.75) is 52.7 Å². The molecule has 0 amide bonds. The number of methoxy groups -OCH3 is 2. The van der Waals surface area contributed by atoms with Crippen LogP contribution < -0.4 is 43.4 Å². The minimum Gasteiger partial charge on any atom is -0.478 e. The van der Waals surface area contributed by atoms with Crippen molar-refractivity contribution in [2.24, 2.45) is 11.5 Å². The van der Waals surface area contributed by atoms with Crippen molar-refractivity contribution in [1.29, 1.82) is 0 Å². The number of carboxylic acids is 4. The monoisotopic (exact) mass is 1470 g/mol. The highest BCUT2D eigenvalue weighted by molar-refractivity contribution is 6.02. The molecule has 107 heavy (non-hydrogen) atoms. The van der Waals surface area contributed by atoms with Gasteiger partial charge in [-0.25, -0.2) is 28.8 Å². The number of carboxylic acid groups (broad SMARTS) is 4. The van der Waals surface area contributed by atoms with E-state index in [-0.39, 0.29) is 64.0 Å². The molecule has 0 bridgehead atoms. The number of anilines is 12. The number of aryl methyl sites for hydroxylation is 2. The smallest absolute Gasteiger partial charge is 0.416 e. The SMILES string of the molecule is COC(=O)c1ccccc1Nc1ccc(C)cc1Nc1ccc(CN)cc1C(=O)OC.Cc1ccc(Nc2ccccc2C(=O)O)c(Nc2ccc(CN)cc2C(=O)O)c1.Cl.O=C(O)c1ccccc1Nc1ccc(C(F)(F)F)cc1Nc1ccc(CN(Cc2ccccc2)Cc2ccccc2)cc1C(=O)O. The maximum atomic E-state index is 13.7. The van der Waals surface area contributed by atoms with Crippen LogP contribution in [-0.2, 0) is 48.4 Å². The minimum absolute atomic E-state index is 0. The zero-order chi connectivity index (χ0) is 76.0. The van der Waals surface area contributed by atoms with E-state index in [0.29, 0.717) is 82.6 Å². The van der Waals surface area contributed by atoms with E-state index in [1.165, 1.54) is 62.8 Å². The highest BCUT2D eigenvalue weighted by atomic mass is 35.5. The first-order valence-corrected chi connectivity index (χ1v) is 32.9. The number of rotatable bonds is 26. The van der Waals surface area contributed by atoms with Crippen LogP contribution in [0.5, 0.6) is 0 Å². The Balaban J connectivity index is 0.000000209. The summed E-state index contributed by atoms with van der Waals surface area (Å²) in [5.74, 6) is -5.49. The predicted molar refractivity (Wildman–Crippen MR) is 412 cm³/mol. The van der Waals surface area contributed by atoms with Gasteiger partial charge in [-0.05, 0) is 168 Å². The molecule has 0 unspecified atom stereocenters. The number of para-hydroxylation sites is 3. The number of nitrogens with zero attached hydrogens (tertiary/aromatic N) is 1. The number of esters is 2. The molecule has 0 aromatic heterocycles. The number of benzene rings is 11. The zero-order valence-corrected chi connectivity index (χ0v) is 59.1. The van der Waals surface area contributed by atoms with Gasteiger partial charge in [0.1, 0.15) is 0 Å². The summed E-state index contributed by atoms with van der Waals surface area (Å²) in [6, 6.07) is 68.7. The van der Waals surface area contributed by atoms with Crippen molar-refractivity contribution < 1.29 is 71.8 Å². The number of carbonyl (C=O) groups excluding carboxylic acids is 2. The number of alkyl halides is 3. The van der Waals surface area contributed by atoms with Gasteiger partial charge in [-0.1, -0.05) is 127 Å². The molecule has 11 aromatic rings. The number of nitrogens with one attached hydrogen (secondary N) is 6. The molecular weight excluding hydrogens is 1400 g/mol. The second-order valence-electron chi connectivity index (χ2n) is 24.1. The van der Waals surface area contributed by atoms with E-state index in [1.54, 1.807) is 72.8 Å². The molecule has 0 saturated carbocycles. The lowest BCUT2D eigenvalue weighted by Crippen LogP contribution is -2.22. The molecule has 0 heterocycles. The maximum absolute atomic E-state index is 13.7. The molecule has 550 valence electrons. The molecule has 0 spiro atoms. The molecule has 11 aromatic carbocycles. The van der Waals surface area contributed by atoms with Gasteiger partial charge < -0.3 is 73.3 Å². The normalized spacial score (nSPS) is 10.7. The summed E-state index contributed by atoms with van der Waals surface area (Å²) in [5, 5.41) is 57.3. The first kappa shape index (κ1) is 79.7. The first-order chi connectivity index (χ1) is 50.9. The Bertz CT molecular complexity index is 4950. The Kier molecular flexibility index (Phi) is 27.9. The van der Waals surface area contributed by atoms with Crippen molar-refractivity contribution in [1.82, 2.24) is 4.90 Å². The molecular formula is C82H77ClF3N9O12. The fraction of sp³-hybridized carbons (Fsp3) is 0.122. The Morgan fingerprint density at radius 2 is 0.636 bits per heavy atom. The average Bonchev–Trinajstić information content (AvgIpc) is 0.805. The van der Waals surface area contributed by atoms with Gasteiger partial charge in [0.2, 0.25) is 0 Å². The Morgan fingerprint density at radius 3 is 1.04 bits per heavy atom. The van der Waals surface area contributed by atoms with Crippen LogP contribution in [-0.4, -0.2) is 75.4 Å². The van der Waals surface area contributed by atoms with E-state index >= 15 is 0 Å². The van der Waals surface area contributed by atoms with Crippen LogP contribution >= 0.6 is 12.4 Å². The molecule has 25 heteroatoms. The minimum atomic E-state index is -4.67. The van der Waals surface area contributed by atoms with Crippen LogP contribution in [0, 0.1) is 13.8 Å². The second kappa shape index (κ2) is 37.4. The third kappa shape index (κ3) is 21.8. The molecule has 0 saturated heterocycles. The van der Waals surface area contributed by atoms with Crippen molar-refractivity contribution in [2.75, 3.05) is 46.1 Å². The van der Waals surface area contributed by atoms with Crippen molar-refractivity contribution in [3.8, 4) is 0 Å². The summed E-state index contributed by atoms with van der Waals surface area (Å²) in [4.78, 5) is 74.0. The van der Waals surface area contributed by atoms with Gasteiger partial charge in [0, 0.05) is 32.7 Å². The first-order valence-electron chi connectivity index (χ1n) is 32.9. The lowest BCUT2D eigenvalue weighted by atomic mass is 10.1. The van der Waals surface area contributed by atoms with E-state index in [1.807, 2.05) is 123 Å². The molecule has 0 aliphatic carbocycles. The number of nitrogens with two attached hydrogens (primary N) is 2. The third-order valence-electron chi connectivity index (χ3n) is 16.5.